The van der Waals surface area contributed by atoms with Gasteiger partial charge in [0.1, 0.15) is 6.10 Å². The predicted octanol–water partition coefficient (Wildman–Crippen LogP) is 0.185. The highest BCUT2D eigenvalue weighted by Crippen LogP contribution is 2.27. The first-order valence-electron chi connectivity index (χ1n) is 6.05. The summed E-state index contributed by atoms with van der Waals surface area (Å²) in [5.74, 6) is 0.0195. The molecule has 5 nitrogen and oxygen atoms in total. The van der Waals surface area contributed by atoms with Crippen LogP contribution in [-0.2, 0) is 11.2 Å². The van der Waals surface area contributed by atoms with Gasteiger partial charge in [0.2, 0.25) is 5.91 Å². The highest BCUT2D eigenvalue weighted by molar-refractivity contribution is 5.93. The molecule has 1 aliphatic rings. The van der Waals surface area contributed by atoms with Crippen molar-refractivity contribution < 1.29 is 15.0 Å². The third kappa shape index (κ3) is 2.69. The van der Waals surface area contributed by atoms with Crippen molar-refractivity contribution in [3.63, 3.8) is 0 Å². The van der Waals surface area contributed by atoms with E-state index in [0.29, 0.717) is 24.9 Å². The lowest BCUT2D eigenvalue weighted by Gasteiger charge is -2.21. The smallest absolute Gasteiger partial charge is 0.224 e. The molecule has 2 rings (SSSR count). The van der Waals surface area contributed by atoms with Crippen molar-refractivity contribution in [1.82, 2.24) is 5.32 Å². The zero-order valence-electron chi connectivity index (χ0n) is 10.3. The minimum absolute atomic E-state index is 0.0195. The number of hydrogen-bond acceptors (Lipinski definition) is 4. The van der Waals surface area contributed by atoms with Crippen molar-refractivity contribution in [3.8, 4) is 0 Å². The summed E-state index contributed by atoms with van der Waals surface area (Å²) >= 11 is 0. The topological polar surface area (TPSA) is 81.6 Å². The van der Waals surface area contributed by atoms with E-state index in [0.717, 1.165) is 11.3 Å². The maximum Gasteiger partial charge on any atom is 0.224 e. The zero-order chi connectivity index (χ0) is 13.1. The number of nitrogens with one attached hydrogen (secondary N) is 2. The first-order valence-corrected chi connectivity index (χ1v) is 6.05. The summed E-state index contributed by atoms with van der Waals surface area (Å²) in [7, 11) is 1.72. The molecule has 0 bridgehead atoms. The predicted molar refractivity (Wildman–Crippen MR) is 68.3 cm³/mol. The van der Waals surface area contributed by atoms with Crippen molar-refractivity contribution in [1.29, 1.82) is 0 Å². The molecule has 0 radical (unpaired) electrons. The molecular weight excluding hydrogens is 232 g/mol. The van der Waals surface area contributed by atoms with Gasteiger partial charge in [-0.3, -0.25) is 4.79 Å². The van der Waals surface area contributed by atoms with Gasteiger partial charge < -0.3 is 20.8 Å². The van der Waals surface area contributed by atoms with Gasteiger partial charge >= 0.3 is 0 Å². The van der Waals surface area contributed by atoms with E-state index in [1.165, 1.54) is 0 Å². The number of carbonyl (C=O) groups excluding carboxylic acids is 1. The molecule has 0 saturated heterocycles. The molecule has 1 amide bonds. The van der Waals surface area contributed by atoms with E-state index in [9.17, 15) is 15.0 Å². The van der Waals surface area contributed by atoms with Crippen LogP contribution in [0, 0.1) is 0 Å². The Morgan fingerprint density at radius 1 is 1.39 bits per heavy atom. The summed E-state index contributed by atoms with van der Waals surface area (Å²) < 4.78 is 0. The molecule has 0 aromatic heterocycles. The standard InChI is InChI=1S/C13H18N2O3/c1-14-7-11(16)13(18)9-2-4-10-8(6-9)3-5-12(17)15-10/h2,4,6,11,13-14,16,18H,3,5,7H2,1H3,(H,15,17). The first-order chi connectivity index (χ1) is 8.61. The van der Waals surface area contributed by atoms with Crippen molar-refractivity contribution in [2.45, 2.75) is 25.0 Å². The largest absolute Gasteiger partial charge is 0.389 e. The Morgan fingerprint density at radius 3 is 2.89 bits per heavy atom. The fourth-order valence-corrected chi connectivity index (χ4v) is 2.13. The maximum atomic E-state index is 11.2. The maximum absolute atomic E-state index is 11.2. The molecule has 1 aromatic rings. The second-order valence-corrected chi connectivity index (χ2v) is 4.53. The van der Waals surface area contributed by atoms with Crippen molar-refractivity contribution in [2.24, 2.45) is 0 Å². The Kier molecular flexibility index (Phi) is 3.96. The van der Waals surface area contributed by atoms with Crippen LogP contribution in [0.4, 0.5) is 5.69 Å². The van der Waals surface area contributed by atoms with E-state index in [4.69, 9.17) is 0 Å². The van der Waals surface area contributed by atoms with Gasteiger partial charge in [0.25, 0.3) is 0 Å². The second-order valence-electron chi connectivity index (χ2n) is 4.53. The Bertz CT molecular complexity index is 448. The summed E-state index contributed by atoms with van der Waals surface area (Å²) in [5.41, 5.74) is 2.47. The molecule has 1 aliphatic heterocycles. The van der Waals surface area contributed by atoms with Gasteiger partial charge in [-0.25, -0.2) is 0 Å². The fraction of sp³-hybridized carbons (Fsp3) is 0.462. The van der Waals surface area contributed by atoms with Gasteiger partial charge in [-0.2, -0.15) is 0 Å². The van der Waals surface area contributed by atoms with Crippen LogP contribution in [0.5, 0.6) is 0 Å². The lowest BCUT2D eigenvalue weighted by molar-refractivity contribution is -0.116. The fourth-order valence-electron chi connectivity index (χ4n) is 2.13. The second kappa shape index (κ2) is 5.48. The van der Waals surface area contributed by atoms with E-state index in [1.54, 1.807) is 19.2 Å². The molecule has 2 atom stereocenters. The van der Waals surface area contributed by atoms with E-state index in [2.05, 4.69) is 10.6 Å². The molecule has 1 aromatic carbocycles. The summed E-state index contributed by atoms with van der Waals surface area (Å²) in [4.78, 5) is 11.2. The van der Waals surface area contributed by atoms with Crippen LogP contribution < -0.4 is 10.6 Å². The molecule has 18 heavy (non-hydrogen) atoms. The zero-order valence-corrected chi connectivity index (χ0v) is 10.3. The highest BCUT2D eigenvalue weighted by atomic mass is 16.3. The number of carbonyl (C=O) groups is 1. The third-order valence-electron chi connectivity index (χ3n) is 3.14. The number of aliphatic hydroxyl groups is 2. The number of likely N-dealkylation sites (N-methyl/N-ethyl adjacent to an activating group) is 1. The summed E-state index contributed by atoms with van der Waals surface area (Å²) in [6.07, 6.45) is -0.623. The van der Waals surface area contributed by atoms with Gasteiger partial charge in [0.15, 0.2) is 0 Å². The molecule has 98 valence electrons. The Morgan fingerprint density at radius 2 is 2.17 bits per heavy atom. The van der Waals surface area contributed by atoms with Crippen molar-refractivity contribution in [3.05, 3.63) is 29.3 Å². The lowest BCUT2D eigenvalue weighted by atomic mass is 9.96. The third-order valence-corrected chi connectivity index (χ3v) is 3.14. The van der Waals surface area contributed by atoms with Crippen LogP contribution in [0.2, 0.25) is 0 Å². The molecule has 0 spiro atoms. The highest BCUT2D eigenvalue weighted by Gasteiger charge is 2.20. The number of aliphatic hydroxyl groups excluding tert-OH is 2. The Balaban J connectivity index is 2.18. The van der Waals surface area contributed by atoms with Crippen molar-refractivity contribution >= 4 is 11.6 Å². The van der Waals surface area contributed by atoms with E-state index in [-0.39, 0.29) is 5.91 Å². The average Bonchev–Trinajstić information content (AvgIpc) is 2.37. The van der Waals surface area contributed by atoms with Gasteiger partial charge in [0, 0.05) is 18.7 Å². The molecule has 4 N–H and O–H groups in total. The Hall–Kier alpha value is -1.43. The lowest BCUT2D eigenvalue weighted by Crippen LogP contribution is -2.29. The van der Waals surface area contributed by atoms with Gasteiger partial charge in [0.05, 0.1) is 6.10 Å². The number of amides is 1. The normalized spacial score (nSPS) is 17.8. The summed E-state index contributed by atoms with van der Waals surface area (Å²) in [5, 5.41) is 25.3. The van der Waals surface area contributed by atoms with Crippen LogP contribution in [0.15, 0.2) is 18.2 Å². The van der Waals surface area contributed by atoms with Crippen LogP contribution in [0.1, 0.15) is 23.7 Å². The summed E-state index contributed by atoms with van der Waals surface area (Å²) in [6, 6.07) is 5.35. The Labute approximate surface area is 106 Å². The van der Waals surface area contributed by atoms with E-state index < -0.39 is 12.2 Å². The number of rotatable bonds is 4. The van der Waals surface area contributed by atoms with Gasteiger partial charge in [-0.15, -0.1) is 0 Å². The van der Waals surface area contributed by atoms with Gasteiger partial charge in [-0.05, 0) is 30.7 Å². The van der Waals surface area contributed by atoms with Crippen LogP contribution in [0.3, 0.4) is 0 Å². The molecule has 0 fully saturated rings. The molecule has 0 saturated carbocycles. The molecule has 1 heterocycles. The number of anilines is 1. The minimum atomic E-state index is -0.916. The van der Waals surface area contributed by atoms with E-state index >= 15 is 0 Å². The molecule has 5 heteroatoms. The SMILES string of the molecule is CNCC(O)C(O)c1ccc2c(c1)CCC(=O)N2. The number of benzene rings is 1. The summed E-state index contributed by atoms with van der Waals surface area (Å²) in [6.45, 7) is 0.328. The quantitative estimate of drug-likeness (QED) is 0.614. The minimum Gasteiger partial charge on any atom is -0.389 e. The van der Waals surface area contributed by atoms with Crippen LogP contribution in [0.25, 0.3) is 0 Å². The van der Waals surface area contributed by atoms with Crippen molar-refractivity contribution in [2.75, 3.05) is 18.9 Å². The molecular formula is C13H18N2O3. The first kappa shape index (κ1) is 13.0. The molecule has 2 unspecified atom stereocenters. The van der Waals surface area contributed by atoms with Crippen LogP contribution in [-0.4, -0.2) is 35.8 Å². The van der Waals surface area contributed by atoms with E-state index in [1.807, 2.05) is 6.07 Å². The monoisotopic (exact) mass is 250 g/mol. The number of fused-ring (bicyclic) bond motifs is 1. The number of hydrogen-bond donors (Lipinski definition) is 4. The number of aryl methyl sites for hydroxylation is 1. The van der Waals surface area contributed by atoms with Gasteiger partial charge in [-0.1, -0.05) is 12.1 Å². The molecule has 0 aliphatic carbocycles. The van der Waals surface area contributed by atoms with Crippen LogP contribution >= 0.6 is 0 Å². The average molecular weight is 250 g/mol.